The third kappa shape index (κ3) is 3.23. The number of nitrogens with one attached hydrogen (secondary N) is 1. The highest BCUT2D eigenvalue weighted by Gasteiger charge is 2.09. The van der Waals surface area contributed by atoms with Crippen molar-refractivity contribution in [1.29, 1.82) is 0 Å². The van der Waals surface area contributed by atoms with Crippen LogP contribution in [0.25, 0.3) is 0 Å². The molecule has 19 heavy (non-hydrogen) atoms. The maximum Gasteiger partial charge on any atom is 0.164 e. The summed E-state index contributed by atoms with van der Waals surface area (Å²) in [4.78, 5) is 4.15. The summed E-state index contributed by atoms with van der Waals surface area (Å²) in [5.41, 5.74) is 1.03. The first kappa shape index (κ1) is 13.4. The number of aromatic hydroxyl groups is 1. The summed E-state index contributed by atoms with van der Waals surface area (Å²) in [6.07, 6.45) is 1.67. The highest BCUT2D eigenvalue weighted by Crippen LogP contribution is 2.28. The minimum atomic E-state index is 0.110. The van der Waals surface area contributed by atoms with E-state index in [0.717, 1.165) is 11.4 Å². The van der Waals surface area contributed by atoms with Gasteiger partial charge in [0.05, 0.1) is 13.7 Å². The van der Waals surface area contributed by atoms with Gasteiger partial charge in [0, 0.05) is 13.1 Å². The Hall–Kier alpha value is -2.08. The third-order valence-electron chi connectivity index (χ3n) is 2.92. The van der Waals surface area contributed by atoms with Crippen molar-refractivity contribution in [3.05, 3.63) is 35.9 Å². The monoisotopic (exact) mass is 262 g/mol. The molecule has 102 valence electrons. The number of benzene rings is 1. The molecule has 0 aliphatic heterocycles. The summed E-state index contributed by atoms with van der Waals surface area (Å²) < 4.78 is 6.77. The van der Waals surface area contributed by atoms with Crippen molar-refractivity contribution in [1.82, 2.24) is 20.1 Å². The molecule has 1 aromatic carbocycles. The Bertz CT molecular complexity index is 553. The molecule has 6 heteroatoms. The number of hydrogen-bond donors (Lipinski definition) is 2. The van der Waals surface area contributed by atoms with Crippen LogP contribution in [0.1, 0.15) is 24.4 Å². The van der Waals surface area contributed by atoms with E-state index in [1.807, 2.05) is 26.1 Å². The lowest BCUT2D eigenvalue weighted by atomic mass is 10.1. The molecule has 1 aromatic heterocycles. The van der Waals surface area contributed by atoms with Crippen molar-refractivity contribution in [3.63, 3.8) is 0 Å². The van der Waals surface area contributed by atoms with Gasteiger partial charge in [-0.3, -0.25) is 4.68 Å². The molecule has 1 atom stereocenters. The van der Waals surface area contributed by atoms with Crippen molar-refractivity contribution in [2.24, 2.45) is 7.05 Å². The molecule has 0 saturated carbocycles. The highest BCUT2D eigenvalue weighted by molar-refractivity contribution is 5.42. The number of rotatable bonds is 5. The summed E-state index contributed by atoms with van der Waals surface area (Å²) >= 11 is 0. The molecular formula is C13H18N4O2. The lowest BCUT2D eigenvalue weighted by molar-refractivity contribution is 0.372. The van der Waals surface area contributed by atoms with Crippen LogP contribution in [0.15, 0.2) is 24.5 Å². The average Bonchev–Trinajstić information content (AvgIpc) is 2.82. The largest absolute Gasteiger partial charge is 0.504 e. The molecule has 6 nitrogen and oxygen atoms in total. The van der Waals surface area contributed by atoms with Gasteiger partial charge < -0.3 is 15.2 Å². The number of hydrogen-bond acceptors (Lipinski definition) is 5. The molecule has 0 spiro atoms. The summed E-state index contributed by atoms with van der Waals surface area (Å²) in [5.74, 6) is 1.37. The van der Waals surface area contributed by atoms with Crippen molar-refractivity contribution < 1.29 is 9.84 Å². The SMILES string of the molecule is COc1cc(C(C)NCc2ncn(C)n2)ccc1O. The van der Waals surface area contributed by atoms with E-state index >= 15 is 0 Å². The smallest absolute Gasteiger partial charge is 0.164 e. The minimum Gasteiger partial charge on any atom is -0.504 e. The van der Waals surface area contributed by atoms with Gasteiger partial charge in [-0.15, -0.1) is 0 Å². The molecular weight excluding hydrogens is 244 g/mol. The average molecular weight is 262 g/mol. The number of aromatic nitrogens is 3. The molecule has 0 fully saturated rings. The van der Waals surface area contributed by atoms with Crippen LogP contribution >= 0.6 is 0 Å². The van der Waals surface area contributed by atoms with E-state index in [1.165, 1.54) is 7.11 Å². The third-order valence-corrected chi connectivity index (χ3v) is 2.92. The summed E-state index contributed by atoms with van der Waals surface area (Å²) in [6, 6.07) is 5.42. The van der Waals surface area contributed by atoms with E-state index in [1.54, 1.807) is 17.1 Å². The Balaban J connectivity index is 2.01. The fourth-order valence-corrected chi connectivity index (χ4v) is 1.79. The van der Waals surface area contributed by atoms with Crippen LogP contribution in [-0.4, -0.2) is 27.0 Å². The zero-order valence-corrected chi connectivity index (χ0v) is 11.3. The van der Waals surface area contributed by atoms with E-state index in [9.17, 15) is 5.11 Å². The Morgan fingerprint density at radius 1 is 1.47 bits per heavy atom. The van der Waals surface area contributed by atoms with Gasteiger partial charge >= 0.3 is 0 Å². The molecule has 0 saturated heterocycles. The van der Waals surface area contributed by atoms with Crippen molar-refractivity contribution in [3.8, 4) is 11.5 Å². The van der Waals surface area contributed by atoms with Crippen LogP contribution in [0.2, 0.25) is 0 Å². The number of aryl methyl sites for hydroxylation is 1. The molecule has 2 N–H and O–H groups in total. The number of phenols is 1. The number of nitrogens with zero attached hydrogens (tertiary/aromatic N) is 3. The molecule has 0 bridgehead atoms. The van der Waals surface area contributed by atoms with Gasteiger partial charge in [-0.05, 0) is 24.6 Å². The number of ether oxygens (including phenoxy) is 1. The zero-order chi connectivity index (χ0) is 13.8. The molecule has 1 heterocycles. The molecule has 2 rings (SSSR count). The first-order chi connectivity index (χ1) is 9.10. The maximum atomic E-state index is 9.56. The van der Waals surface area contributed by atoms with Crippen LogP contribution in [-0.2, 0) is 13.6 Å². The highest BCUT2D eigenvalue weighted by atomic mass is 16.5. The predicted octanol–water partition coefficient (Wildman–Crippen LogP) is 1.38. The Labute approximate surface area is 112 Å². The van der Waals surface area contributed by atoms with Gasteiger partial charge in [0.1, 0.15) is 6.33 Å². The molecule has 0 amide bonds. The summed E-state index contributed by atoms with van der Waals surface area (Å²) in [6.45, 7) is 2.62. The van der Waals surface area contributed by atoms with Crippen molar-refractivity contribution in [2.75, 3.05) is 7.11 Å². The Kier molecular flexibility index (Phi) is 4.01. The van der Waals surface area contributed by atoms with Crippen LogP contribution in [0.4, 0.5) is 0 Å². The Morgan fingerprint density at radius 2 is 2.26 bits per heavy atom. The van der Waals surface area contributed by atoms with Crippen LogP contribution in [0, 0.1) is 0 Å². The van der Waals surface area contributed by atoms with E-state index in [4.69, 9.17) is 4.74 Å². The lowest BCUT2D eigenvalue weighted by Gasteiger charge is -2.14. The van der Waals surface area contributed by atoms with Crippen LogP contribution in [0.5, 0.6) is 11.5 Å². The second-order valence-electron chi connectivity index (χ2n) is 4.37. The van der Waals surface area contributed by atoms with Gasteiger partial charge in [0.15, 0.2) is 17.3 Å². The molecule has 0 aliphatic rings. The first-order valence-corrected chi connectivity index (χ1v) is 6.05. The van der Waals surface area contributed by atoms with Gasteiger partial charge in [0.2, 0.25) is 0 Å². The van der Waals surface area contributed by atoms with Gasteiger partial charge in [-0.1, -0.05) is 6.07 Å². The normalized spacial score (nSPS) is 12.4. The quantitative estimate of drug-likeness (QED) is 0.851. The zero-order valence-electron chi connectivity index (χ0n) is 11.3. The van der Waals surface area contributed by atoms with E-state index in [0.29, 0.717) is 12.3 Å². The van der Waals surface area contributed by atoms with Crippen LogP contribution < -0.4 is 10.1 Å². The van der Waals surface area contributed by atoms with Crippen molar-refractivity contribution in [2.45, 2.75) is 19.5 Å². The lowest BCUT2D eigenvalue weighted by Crippen LogP contribution is -2.19. The summed E-state index contributed by atoms with van der Waals surface area (Å²) in [5, 5.41) is 17.1. The van der Waals surface area contributed by atoms with Gasteiger partial charge in [-0.25, -0.2) is 4.98 Å². The maximum absolute atomic E-state index is 9.56. The van der Waals surface area contributed by atoms with Crippen LogP contribution in [0.3, 0.4) is 0 Å². The summed E-state index contributed by atoms with van der Waals surface area (Å²) in [7, 11) is 3.37. The molecule has 0 aliphatic carbocycles. The molecule has 2 aromatic rings. The Morgan fingerprint density at radius 3 is 2.89 bits per heavy atom. The number of methoxy groups -OCH3 is 1. The first-order valence-electron chi connectivity index (χ1n) is 6.05. The standard InChI is InChI=1S/C13H18N4O2/c1-9(14-7-13-15-8-17(2)16-13)10-4-5-11(18)12(6-10)19-3/h4-6,8-9,14,18H,7H2,1-3H3. The van der Waals surface area contributed by atoms with Crippen molar-refractivity contribution >= 4 is 0 Å². The topological polar surface area (TPSA) is 72.2 Å². The fraction of sp³-hybridized carbons (Fsp3) is 0.385. The number of phenolic OH excluding ortho intramolecular Hbond substituents is 1. The molecule has 0 radical (unpaired) electrons. The molecule has 1 unspecified atom stereocenters. The van der Waals surface area contributed by atoms with Gasteiger partial charge in [0.25, 0.3) is 0 Å². The van der Waals surface area contributed by atoms with E-state index in [2.05, 4.69) is 15.4 Å². The van der Waals surface area contributed by atoms with E-state index in [-0.39, 0.29) is 11.8 Å². The second-order valence-corrected chi connectivity index (χ2v) is 4.37. The predicted molar refractivity (Wildman–Crippen MR) is 70.9 cm³/mol. The van der Waals surface area contributed by atoms with E-state index < -0.39 is 0 Å². The van der Waals surface area contributed by atoms with Gasteiger partial charge in [-0.2, -0.15) is 5.10 Å². The second kappa shape index (κ2) is 5.71. The fourth-order valence-electron chi connectivity index (χ4n) is 1.79. The minimum absolute atomic E-state index is 0.110.